The van der Waals surface area contributed by atoms with E-state index in [0.29, 0.717) is 22.8 Å². The van der Waals surface area contributed by atoms with Crippen LogP contribution in [0.15, 0.2) is 47.1 Å². The van der Waals surface area contributed by atoms with E-state index in [-0.39, 0.29) is 6.42 Å². The molecule has 0 aliphatic rings. The van der Waals surface area contributed by atoms with Gasteiger partial charge >= 0.3 is 5.97 Å². The Morgan fingerprint density at radius 1 is 1.07 bits per heavy atom. The first kappa shape index (κ1) is 19.3. The van der Waals surface area contributed by atoms with Gasteiger partial charge in [0.15, 0.2) is 6.61 Å². The van der Waals surface area contributed by atoms with Crippen LogP contribution in [0.4, 0.5) is 5.69 Å². The number of methoxy groups -OCH3 is 2. The SMILES string of the molecule is COc1ccc(OC)c(NC(=O)COC(=O)Cc2coc3cc(C)ccc23)c1. The van der Waals surface area contributed by atoms with E-state index in [1.165, 1.54) is 20.5 Å². The van der Waals surface area contributed by atoms with Crippen molar-refractivity contribution in [2.24, 2.45) is 0 Å². The van der Waals surface area contributed by atoms with Crippen LogP contribution < -0.4 is 14.8 Å². The molecule has 0 aliphatic carbocycles. The largest absolute Gasteiger partial charge is 0.497 e. The van der Waals surface area contributed by atoms with Gasteiger partial charge in [0.1, 0.15) is 17.1 Å². The summed E-state index contributed by atoms with van der Waals surface area (Å²) in [6.45, 7) is 1.56. The lowest BCUT2D eigenvalue weighted by Crippen LogP contribution is -2.22. The Bertz CT molecular complexity index is 1010. The maximum Gasteiger partial charge on any atom is 0.310 e. The monoisotopic (exact) mass is 383 g/mol. The summed E-state index contributed by atoms with van der Waals surface area (Å²) in [6.07, 6.45) is 1.55. The van der Waals surface area contributed by atoms with E-state index in [0.717, 1.165) is 16.5 Å². The predicted octanol–water partition coefficient (Wildman–Crippen LogP) is 3.48. The molecule has 28 heavy (non-hydrogen) atoms. The number of rotatable bonds is 7. The van der Waals surface area contributed by atoms with Gasteiger partial charge in [0.05, 0.1) is 32.6 Å². The Hall–Kier alpha value is -3.48. The van der Waals surface area contributed by atoms with E-state index < -0.39 is 18.5 Å². The number of carbonyl (C=O) groups is 2. The van der Waals surface area contributed by atoms with Crippen LogP contribution in [0.3, 0.4) is 0 Å². The van der Waals surface area contributed by atoms with Gasteiger partial charge in [-0.3, -0.25) is 9.59 Å². The molecule has 1 amide bonds. The summed E-state index contributed by atoms with van der Waals surface area (Å²) in [5.74, 6) is 0.0411. The molecule has 0 saturated carbocycles. The number of hydrogen-bond donors (Lipinski definition) is 1. The van der Waals surface area contributed by atoms with Crippen LogP contribution in [-0.2, 0) is 20.7 Å². The smallest absolute Gasteiger partial charge is 0.310 e. The van der Waals surface area contributed by atoms with Gasteiger partial charge in [-0.05, 0) is 30.7 Å². The minimum absolute atomic E-state index is 0.0197. The number of aryl methyl sites for hydroxylation is 1. The Kier molecular flexibility index (Phi) is 5.84. The topological polar surface area (TPSA) is 87.0 Å². The second kappa shape index (κ2) is 8.47. The van der Waals surface area contributed by atoms with Crippen LogP contribution in [0.5, 0.6) is 11.5 Å². The molecule has 7 nitrogen and oxygen atoms in total. The van der Waals surface area contributed by atoms with Gasteiger partial charge in [0.25, 0.3) is 5.91 Å². The average Bonchev–Trinajstić information content (AvgIpc) is 3.08. The van der Waals surface area contributed by atoms with Crippen LogP contribution in [0, 0.1) is 6.92 Å². The van der Waals surface area contributed by atoms with Crippen molar-refractivity contribution in [1.82, 2.24) is 0 Å². The van der Waals surface area contributed by atoms with Gasteiger partial charge in [-0.1, -0.05) is 12.1 Å². The first-order valence-electron chi connectivity index (χ1n) is 8.64. The highest BCUT2D eigenvalue weighted by atomic mass is 16.5. The molecule has 0 spiro atoms. The number of carbonyl (C=O) groups excluding carboxylic acids is 2. The fraction of sp³-hybridized carbons (Fsp3) is 0.238. The van der Waals surface area contributed by atoms with Gasteiger partial charge in [-0.15, -0.1) is 0 Å². The standard InChI is InChI=1S/C21H21NO6/c1-13-4-6-16-14(11-27-19(16)8-13)9-21(24)28-12-20(23)22-17-10-15(25-2)5-7-18(17)26-3/h4-8,10-11H,9,12H2,1-3H3,(H,22,23). The Morgan fingerprint density at radius 3 is 2.64 bits per heavy atom. The molecule has 3 aromatic rings. The minimum atomic E-state index is -0.518. The summed E-state index contributed by atoms with van der Waals surface area (Å²) in [6, 6.07) is 10.8. The van der Waals surface area contributed by atoms with Crippen molar-refractivity contribution in [3.8, 4) is 11.5 Å². The molecule has 1 heterocycles. The molecule has 0 fully saturated rings. The van der Waals surface area contributed by atoms with Crippen LogP contribution in [0.1, 0.15) is 11.1 Å². The molecule has 146 valence electrons. The van der Waals surface area contributed by atoms with Crippen molar-refractivity contribution >= 4 is 28.5 Å². The van der Waals surface area contributed by atoms with Crippen molar-refractivity contribution in [1.29, 1.82) is 0 Å². The number of furan rings is 1. The Labute approximate surface area is 162 Å². The normalized spacial score (nSPS) is 10.5. The highest BCUT2D eigenvalue weighted by molar-refractivity contribution is 5.94. The second-order valence-electron chi connectivity index (χ2n) is 6.21. The van der Waals surface area contributed by atoms with Crippen LogP contribution in [0.2, 0.25) is 0 Å². The molecule has 0 saturated heterocycles. The molecule has 0 atom stereocenters. The predicted molar refractivity (Wildman–Crippen MR) is 104 cm³/mol. The Morgan fingerprint density at radius 2 is 1.89 bits per heavy atom. The lowest BCUT2D eigenvalue weighted by Gasteiger charge is -2.12. The van der Waals surface area contributed by atoms with Gasteiger partial charge in [0.2, 0.25) is 0 Å². The lowest BCUT2D eigenvalue weighted by molar-refractivity contribution is -0.146. The Balaban J connectivity index is 1.58. The molecule has 1 aromatic heterocycles. The van der Waals surface area contributed by atoms with Gasteiger partial charge in [-0.25, -0.2) is 0 Å². The van der Waals surface area contributed by atoms with Gasteiger partial charge < -0.3 is 23.9 Å². The molecule has 3 rings (SSSR count). The van der Waals surface area contributed by atoms with Gasteiger partial charge in [0, 0.05) is 17.0 Å². The zero-order valence-electron chi connectivity index (χ0n) is 15.9. The van der Waals surface area contributed by atoms with Crippen molar-refractivity contribution in [3.05, 3.63) is 53.8 Å². The second-order valence-corrected chi connectivity index (χ2v) is 6.21. The third kappa shape index (κ3) is 4.43. The zero-order chi connectivity index (χ0) is 20.1. The third-order valence-corrected chi connectivity index (χ3v) is 4.19. The van der Waals surface area contributed by atoms with Crippen LogP contribution in [-0.4, -0.2) is 32.7 Å². The van der Waals surface area contributed by atoms with Crippen LogP contribution >= 0.6 is 0 Å². The minimum Gasteiger partial charge on any atom is -0.497 e. The van der Waals surface area contributed by atoms with E-state index >= 15 is 0 Å². The van der Waals surface area contributed by atoms with E-state index in [2.05, 4.69) is 5.32 Å². The van der Waals surface area contributed by atoms with Crippen LogP contribution in [0.25, 0.3) is 11.0 Å². The molecule has 2 aromatic carbocycles. The van der Waals surface area contributed by atoms with E-state index in [1.807, 2.05) is 25.1 Å². The molecule has 0 unspecified atom stereocenters. The average molecular weight is 383 g/mol. The van der Waals surface area contributed by atoms with Crippen molar-refractivity contribution in [2.45, 2.75) is 13.3 Å². The first-order chi connectivity index (χ1) is 13.5. The number of anilines is 1. The molecule has 1 N–H and O–H groups in total. The summed E-state index contributed by atoms with van der Waals surface area (Å²) in [7, 11) is 3.02. The fourth-order valence-electron chi connectivity index (χ4n) is 2.78. The maximum atomic E-state index is 12.1. The van der Waals surface area contributed by atoms with E-state index in [4.69, 9.17) is 18.6 Å². The summed E-state index contributed by atoms with van der Waals surface area (Å²) >= 11 is 0. The quantitative estimate of drug-likeness (QED) is 0.629. The number of esters is 1. The molecule has 0 bridgehead atoms. The molecule has 0 aliphatic heterocycles. The number of hydrogen-bond acceptors (Lipinski definition) is 6. The van der Waals surface area contributed by atoms with E-state index in [1.54, 1.807) is 18.2 Å². The van der Waals surface area contributed by atoms with Crippen molar-refractivity contribution in [3.63, 3.8) is 0 Å². The fourth-order valence-corrected chi connectivity index (χ4v) is 2.78. The zero-order valence-corrected chi connectivity index (χ0v) is 15.9. The maximum absolute atomic E-state index is 12.1. The number of nitrogens with one attached hydrogen (secondary N) is 1. The molecule has 7 heteroatoms. The highest BCUT2D eigenvalue weighted by Crippen LogP contribution is 2.28. The first-order valence-corrected chi connectivity index (χ1v) is 8.64. The van der Waals surface area contributed by atoms with Gasteiger partial charge in [-0.2, -0.15) is 0 Å². The number of amides is 1. The number of fused-ring (bicyclic) bond motifs is 1. The summed E-state index contributed by atoms with van der Waals surface area (Å²) < 4.78 is 20.9. The molecular formula is C21H21NO6. The molecule has 0 radical (unpaired) electrons. The van der Waals surface area contributed by atoms with Crippen molar-refractivity contribution < 1.29 is 28.2 Å². The van der Waals surface area contributed by atoms with E-state index in [9.17, 15) is 9.59 Å². The summed E-state index contributed by atoms with van der Waals surface area (Å²) in [5, 5.41) is 3.50. The summed E-state index contributed by atoms with van der Waals surface area (Å²) in [4.78, 5) is 24.2. The number of benzene rings is 2. The third-order valence-electron chi connectivity index (χ3n) is 4.19. The highest BCUT2D eigenvalue weighted by Gasteiger charge is 2.14. The van der Waals surface area contributed by atoms with Crippen molar-refractivity contribution in [2.75, 3.05) is 26.1 Å². The molecular weight excluding hydrogens is 362 g/mol. The number of ether oxygens (including phenoxy) is 3. The lowest BCUT2D eigenvalue weighted by atomic mass is 10.1. The summed E-state index contributed by atoms with van der Waals surface area (Å²) in [5.41, 5.74) is 2.93.